The fraction of sp³-hybridized carbons (Fsp3) is 0.727. The van der Waals surface area contributed by atoms with E-state index in [0.717, 1.165) is 19.3 Å². The van der Waals surface area contributed by atoms with Gasteiger partial charge in [0.05, 0.1) is 13.6 Å². The second kappa shape index (κ2) is 5.19. The average molecular weight is 271 g/mol. The third-order valence-corrected chi connectivity index (χ3v) is 4.04. The summed E-state index contributed by atoms with van der Waals surface area (Å²) in [6.07, 6.45) is 5.27. The number of rotatable bonds is 5. The Morgan fingerprint density at radius 2 is 2.20 bits per heavy atom. The van der Waals surface area contributed by atoms with Crippen molar-refractivity contribution in [3.05, 3.63) is 12.3 Å². The molecule has 0 bridgehead atoms. The first-order valence-corrected chi connectivity index (χ1v) is 6.28. The van der Waals surface area contributed by atoms with Crippen molar-refractivity contribution >= 4 is 29.7 Å². The molecular formula is C11H16BBrO2. The number of cyclic esters (lactones) is 1. The van der Waals surface area contributed by atoms with Crippen LogP contribution in [0, 0.1) is 0 Å². The second-order valence-electron chi connectivity index (χ2n) is 4.06. The molecule has 1 heterocycles. The average Bonchev–Trinajstić information content (AvgIpc) is 2.39. The van der Waals surface area contributed by atoms with E-state index in [0.29, 0.717) is 5.76 Å². The van der Waals surface area contributed by atoms with Gasteiger partial charge in [0.25, 0.3) is 0 Å². The number of hydrogen-bond donors (Lipinski definition) is 0. The Balaban J connectivity index is 2.50. The van der Waals surface area contributed by atoms with Crippen LogP contribution in [0.2, 0.25) is 5.31 Å². The van der Waals surface area contributed by atoms with Crippen LogP contribution < -0.4 is 0 Å². The Morgan fingerprint density at radius 3 is 2.67 bits per heavy atom. The van der Waals surface area contributed by atoms with Crippen molar-refractivity contribution in [1.82, 2.24) is 0 Å². The van der Waals surface area contributed by atoms with Crippen LogP contribution in [0.25, 0.3) is 0 Å². The second-order valence-corrected chi connectivity index (χ2v) is 4.97. The third kappa shape index (κ3) is 2.66. The molecule has 1 aliphatic heterocycles. The molecule has 2 atom stereocenters. The molecular weight excluding hydrogens is 255 g/mol. The van der Waals surface area contributed by atoms with Crippen molar-refractivity contribution in [2.75, 3.05) is 0 Å². The maximum Gasteiger partial charge on any atom is 0.325 e. The van der Waals surface area contributed by atoms with Gasteiger partial charge in [0.2, 0.25) is 0 Å². The molecule has 1 fully saturated rings. The molecule has 2 unspecified atom stereocenters. The van der Waals surface area contributed by atoms with Crippen LogP contribution in [0.5, 0.6) is 0 Å². The van der Waals surface area contributed by atoms with Gasteiger partial charge in [-0.15, -0.1) is 0 Å². The van der Waals surface area contributed by atoms with Crippen molar-refractivity contribution in [2.45, 2.75) is 49.2 Å². The molecule has 2 radical (unpaired) electrons. The normalized spacial score (nSPS) is 30.7. The van der Waals surface area contributed by atoms with Crippen molar-refractivity contribution in [1.29, 1.82) is 0 Å². The van der Waals surface area contributed by atoms with E-state index >= 15 is 0 Å². The minimum Gasteiger partial charge on any atom is -0.431 e. The van der Waals surface area contributed by atoms with E-state index in [4.69, 9.17) is 12.6 Å². The van der Waals surface area contributed by atoms with Gasteiger partial charge in [-0.05, 0) is 6.42 Å². The van der Waals surface area contributed by atoms with Gasteiger partial charge in [0, 0.05) is 5.31 Å². The van der Waals surface area contributed by atoms with Crippen molar-refractivity contribution in [3.8, 4) is 0 Å². The highest BCUT2D eigenvalue weighted by molar-refractivity contribution is 9.10. The number of unbranched alkanes of at least 4 members (excludes halogenated alkanes) is 3. The van der Waals surface area contributed by atoms with Crippen LogP contribution in [-0.4, -0.2) is 18.6 Å². The molecule has 0 spiro atoms. The Labute approximate surface area is 101 Å². The Morgan fingerprint density at radius 1 is 1.53 bits per heavy atom. The van der Waals surface area contributed by atoms with E-state index < -0.39 is 10.1 Å². The lowest BCUT2D eigenvalue weighted by atomic mass is 9.63. The molecule has 0 aliphatic carbocycles. The Bertz CT molecular complexity index is 267. The molecule has 0 N–H and O–H groups in total. The number of hydrogen-bond acceptors (Lipinski definition) is 2. The van der Waals surface area contributed by atoms with Gasteiger partial charge in [-0.2, -0.15) is 0 Å². The number of allylic oxidation sites excluding steroid dienone is 1. The van der Waals surface area contributed by atoms with E-state index in [2.05, 4.69) is 29.4 Å². The first kappa shape index (κ1) is 12.8. The number of ether oxygens (including phenoxy) is 1. The van der Waals surface area contributed by atoms with E-state index in [-0.39, 0.29) is 5.97 Å². The van der Waals surface area contributed by atoms with Gasteiger partial charge in [-0.3, -0.25) is 4.79 Å². The van der Waals surface area contributed by atoms with Crippen molar-refractivity contribution in [2.24, 2.45) is 0 Å². The van der Waals surface area contributed by atoms with Gasteiger partial charge in [-0.1, -0.05) is 55.1 Å². The summed E-state index contributed by atoms with van der Waals surface area (Å²) in [6.45, 7) is 5.87. The molecule has 1 aliphatic rings. The minimum atomic E-state index is -0.717. The maximum atomic E-state index is 11.3. The van der Waals surface area contributed by atoms with E-state index in [1.807, 2.05) is 0 Å². The molecule has 2 nitrogen and oxygen atoms in total. The van der Waals surface area contributed by atoms with Gasteiger partial charge in [0.1, 0.15) is 4.83 Å². The Hall–Kier alpha value is -0.245. The zero-order chi connectivity index (χ0) is 11.5. The molecule has 15 heavy (non-hydrogen) atoms. The Kier molecular flexibility index (Phi) is 4.44. The lowest BCUT2D eigenvalue weighted by Gasteiger charge is -2.25. The highest BCUT2D eigenvalue weighted by Crippen LogP contribution is 2.50. The van der Waals surface area contributed by atoms with Crippen LogP contribution in [0.3, 0.4) is 0 Å². The largest absolute Gasteiger partial charge is 0.431 e. The molecule has 4 heteroatoms. The van der Waals surface area contributed by atoms with Crippen LogP contribution in [-0.2, 0) is 9.53 Å². The molecule has 82 valence electrons. The first-order chi connectivity index (χ1) is 7.02. The molecule has 1 rings (SSSR count). The zero-order valence-corrected chi connectivity index (χ0v) is 10.7. The first-order valence-electron chi connectivity index (χ1n) is 5.36. The van der Waals surface area contributed by atoms with Gasteiger partial charge in [-0.25, -0.2) is 0 Å². The monoisotopic (exact) mass is 270 g/mol. The molecule has 0 aromatic rings. The highest BCUT2D eigenvalue weighted by atomic mass is 79.9. The number of carbonyl (C=O) groups excluding carboxylic acids is 1. The zero-order valence-electron chi connectivity index (χ0n) is 9.09. The summed E-state index contributed by atoms with van der Waals surface area (Å²) in [5.41, 5.74) is 0. The smallest absolute Gasteiger partial charge is 0.325 e. The lowest BCUT2D eigenvalue weighted by Crippen LogP contribution is -2.23. The fourth-order valence-electron chi connectivity index (χ4n) is 1.73. The molecule has 0 aromatic carbocycles. The minimum absolute atomic E-state index is 0.321. The molecule has 0 aromatic heterocycles. The highest BCUT2D eigenvalue weighted by Gasteiger charge is 2.47. The summed E-state index contributed by atoms with van der Waals surface area (Å²) in [7, 11) is 6.13. The predicted octanol–water partition coefficient (Wildman–Crippen LogP) is 3.12. The van der Waals surface area contributed by atoms with Gasteiger partial charge < -0.3 is 4.74 Å². The summed E-state index contributed by atoms with van der Waals surface area (Å²) in [5, 5.41) is -0.717. The molecule has 0 saturated carbocycles. The van der Waals surface area contributed by atoms with Crippen LogP contribution in [0.4, 0.5) is 0 Å². The fourth-order valence-corrected chi connectivity index (χ4v) is 2.31. The number of carbonyl (C=O) groups is 1. The molecule has 0 amide bonds. The third-order valence-electron chi connectivity index (χ3n) is 2.85. The summed E-state index contributed by atoms with van der Waals surface area (Å²) in [4.78, 5) is 10.8. The van der Waals surface area contributed by atoms with Crippen LogP contribution >= 0.6 is 15.9 Å². The van der Waals surface area contributed by atoms with Crippen LogP contribution in [0.15, 0.2) is 12.3 Å². The van der Waals surface area contributed by atoms with Gasteiger partial charge >= 0.3 is 5.97 Å². The lowest BCUT2D eigenvalue weighted by molar-refractivity contribution is -0.134. The van der Waals surface area contributed by atoms with E-state index in [1.165, 1.54) is 12.8 Å². The quantitative estimate of drug-likeness (QED) is 0.332. The summed E-state index contributed by atoms with van der Waals surface area (Å²) >= 11 is 3.28. The van der Waals surface area contributed by atoms with E-state index in [1.54, 1.807) is 0 Å². The topological polar surface area (TPSA) is 26.3 Å². The molecule has 1 saturated heterocycles. The summed E-state index contributed by atoms with van der Waals surface area (Å²) < 4.78 is 4.94. The number of halogens is 1. The maximum absolute atomic E-state index is 11.3. The van der Waals surface area contributed by atoms with Gasteiger partial charge in [0.15, 0.2) is 0 Å². The SMILES string of the molecule is [B]C1(CCCCCC)C(=C)OC(=O)C1Br. The van der Waals surface area contributed by atoms with Crippen molar-refractivity contribution in [3.63, 3.8) is 0 Å². The summed E-state index contributed by atoms with van der Waals surface area (Å²) in [5.74, 6) is 0.0730. The van der Waals surface area contributed by atoms with E-state index in [9.17, 15) is 4.79 Å². The number of alkyl halides is 1. The number of esters is 1. The van der Waals surface area contributed by atoms with Crippen LogP contribution in [0.1, 0.15) is 39.0 Å². The predicted molar refractivity (Wildman–Crippen MR) is 65.2 cm³/mol. The van der Waals surface area contributed by atoms with Crippen molar-refractivity contribution < 1.29 is 9.53 Å². The summed E-state index contributed by atoms with van der Waals surface area (Å²) in [6, 6.07) is 0. The standard InChI is InChI=1S/C11H16BBrO2/c1-3-4-5-6-7-11(12)8(2)15-10(14)9(11)13/h9H,2-7H2,1H3.